The van der Waals surface area contributed by atoms with Gasteiger partial charge in [0.2, 0.25) is 0 Å². The van der Waals surface area contributed by atoms with Crippen molar-refractivity contribution in [1.82, 2.24) is 15.0 Å². The lowest BCUT2D eigenvalue weighted by Gasteiger charge is -2.46. The predicted octanol–water partition coefficient (Wildman–Crippen LogP) is 4.93. The molecule has 4 N–H and O–H groups in total. The van der Waals surface area contributed by atoms with Gasteiger partial charge in [0.25, 0.3) is 0 Å². The van der Waals surface area contributed by atoms with Crippen LogP contribution in [0.2, 0.25) is 9.36 Å². The molecule has 3 aliphatic rings. The Balaban J connectivity index is 1.14. The second kappa shape index (κ2) is 10.3. The number of aromatic nitrogens is 3. The minimum atomic E-state index is -0.729. The maximum Gasteiger partial charge on any atom is 0.152 e. The maximum atomic E-state index is 10.3. The minimum Gasteiger partial charge on any atom is -0.390 e. The molecule has 3 aromatic rings. The van der Waals surface area contributed by atoms with Crippen molar-refractivity contribution in [2.75, 3.05) is 36.0 Å². The van der Waals surface area contributed by atoms with Gasteiger partial charge in [-0.1, -0.05) is 35.0 Å². The van der Waals surface area contributed by atoms with Crippen molar-refractivity contribution in [1.29, 1.82) is 0 Å². The van der Waals surface area contributed by atoms with Crippen LogP contribution in [-0.2, 0) is 13.0 Å². The molecule has 2 fully saturated rings. The van der Waals surface area contributed by atoms with E-state index in [1.54, 1.807) is 23.7 Å². The molecule has 1 spiro atoms. The largest absolute Gasteiger partial charge is 0.390 e. The molecular weight excluding hydrogens is 575 g/mol. The highest BCUT2D eigenvalue weighted by Gasteiger charge is 2.47. The maximum absolute atomic E-state index is 10.3. The van der Waals surface area contributed by atoms with Crippen molar-refractivity contribution < 1.29 is 10.2 Å². The van der Waals surface area contributed by atoms with Gasteiger partial charge in [-0.2, -0.15) is 0 Å². The topological polar surface area (TPSA) is 112 Å². The van der Waals surface area contributed by atoms with E-state index in [2.05, 4.69) is 14.8 Å². The van der Waals surface area contributed by atoms with Gasteiger partial charge in [0, 0.05) is 54.1 Å². The lowest BCUT2D eigenvalue weighted by Crippen LogP contribution is -2.56. The number of rotatable bonds is 6. The summed E-state index contributed by atoms with van der Waals surface area (Å²) in [5.41, 5.74) is 7.80. The summed E-state index contributed by atoms with van der Waals surface area (Å²) >= 11 is 16.0. The number of anilines is 2. The molecule has 208 valence electrons. The first-order valence-corrected chi connectivity index (χ1v) is 15.5. The average Bonchev–Trinajstić information content (AvgIpc) is 3.34. The molecular formula is C27H32Cl2N6O2S2. The van der Waals surface area contributed by atoms with Crippen LogP contribution < -0.4 is 15.5 Å². The van der Waals surface area contributed by atoms with Crippen LogP contribution in [0.25, 0.3) is 0 Å². The van der Waals surface area contributed by atoms with Crippen LogP contribution in [0.5, 0.6) is 0 Å². The number of aliphatic hydroxyl groups excluding tert-OH is 1. The Bertz CT molecular complexity index is 1380. The first-order valence-electron chi connectivity index (χ1n) is 13.1. The van der Waals surface area contributed by atoms with E-state index in [4.69, 9.17) is 38.9 Å². The zero-order valence-corrected chi connectivity index (χ0v) is 25.0. The van der Waals surface area contributed by atoms with Crippen molar-refractivity contribution in [2.24, 2.45) is 17.1 Å². The fourth-order valence-electron chi connectivity index (χ4n) is 5.97. The average molecular weight is 608 g/mol. The molecule has 0 bridgehead atoms. The Kier molecular flexibility index (Phi) is 7.27. The van der Waals surface area contributed by atoms with Gasteiger partial charge >= 0.3 is 0 Å². The molecule has 2 saturated heterocycles. The molecule has 1 atom stereocenters. The summed E-state index contributed by atoms with van der Waals surface area (Å²) < 4.78 is 0.813. The molecule has 0 saturated carbocycles. The van der Waals surface area contributed by atoms with Gasteiger partial charge in [-0.25, -0.2) is 15.0 Å². The molecule has 0 unspecified atom stereocenters. The molecule has 0 aromatic carbocycles. The van der Waals surface area contributed by atoms with Crippen LogP contribution in [0.1, 0.15) is 48.9 Å². The van der Waals surface area contributed by atoms with Gasteiger partial charge in [0.05, 0.1) is 27.8 Å². The molecule has 12 heteroatoms. The normalized spacial score (nSPS) is 20.9. The third-order valence-corrected chi connectivity index (χ3v) is 11.3. The lowest BCUT2D eigenvalue weighted by molar-refractivity contribution is 0.00438. The Morgan fingerprint density at radius 3 is 2.59 bits per heavy atom. The molecule has 0 amide bonds. The van der Waals surface area contributed by atoms with E-state index >= 15 is 0 Å². The fraction of sp³-hybridized carbons (Fsp3) is 0.519. The van der Waals surface area contributed by atoms with Crippen LogP contribution in [-0.4, -0.2) is 56.9 Å². The zero-order chi connectivity index (χ0) is 27.5. The minimum absolute atomic E-state index is 0.00727. The van der Waals surface area contributed by atoms with Gasteiger partial charge in [-0.15, -0.1) is 11.3 Å². The number of aliphatic hydroxyl groups is 2. The molecule has 1 aliphatic carbocycles. The molecule has 8 nitrogen and oxygen atoms in total. The summed E-state index contributed by atoms with van der Waals surface area (Å²) in [6.45, 7) is 6.50. The molecule has 2 aliphatic heterocycles. The van der Waals surface area contributed by atoms with Crippen LogP contribution in [0.4, 0.5) is 11.6 Å². The number of halogens is 2. The highest BCUT2D eigenvalue weighted by molar-refractivity contribution is 7.99. The van der Waals surface area contributed by atoms with Gasteiger partial charge in [-0.05, 0) is 56.2 Å². The summed E-state index contributed by atoms with van der Waals surface area (Å²) in [7, 11) is 0. The predicted molar refractivity (Wildman–Crippen MR) is 157 cm³/mol. The summed E-state index contributed by atoms with van der Waals surface area (Å²) in [6.07, 6.45) is 6.37. The summed E-state index contributed by atoms with van der Waals surface area (Å²) in [6, 6.07) is 3.90. The first-order chi connectivity index (χ1) is 18.6. The zero-order valence-electron chi connectivity index (χ0n) is 21.9. The quantitative estimate of drug-likeness (QED) is 0.359. The molecule has 5 heterocycles. The summed E-state index contributed by atoms with van der Waals surface area (Å²) in [5.74, 6) is 1.61. The lowest BCUT2D eigenvalue weighted by atomic mass is 9.73. The molecule has 3 aromatic heterocycles. The Labute approximate surface area is 246 Å². The van der Waals surface area contributed by atoms with Crippen LogP contribution in [0, 0.1) is 11.3 Å². The second-order valence-corrected chi connectivity index (χ2v) is 14.6. The summed E-state index contributed by atoms with van der Waals surface area (Å²) in [4.78, 5) is 20.4. The second-order valence-electron chi connectivity index (χ2n) is 11.4. The van der Waals surface area contributed by atoms with Gasteiger partial charge in [0.15, 0.2) is 5.82 Å². The Morgan fingerprint density at radius 1 is 1.18 bits per heavy atom. The van der Waals surface area contributed by atoms with Gasteiger partial charge in [0.1, 0.15) is 16.5 Å². The van der Waals surface area contributed by atoms with Crippen molar-refractivity contribution in [3.05, 3.63) is 50.0 Å². The van der Waals surface area contributed by atoms with Crippen LogP contribution >= 0.6 is 46.3 Å². The van der Waals surface area contributed by atoms with Crippen LogP contribution in [0.3, 0.4) is 0 Å². The number of piperidine rings is 1. The number of hydrogen-bond donors (Lipinski definition) is 3. The van der Waals surface area contributed by atoms with Crippen molar-refractivity contribution >= 4 is 57.9 Å². The van der Waals surface area contributed by atoms with Gasteiger partial charge < -0.3 is 25.7 Å². The number of pyridine rings is 1. The third kappa shape index (κ3) is 5.03. The first kappa shape index (κ1) is 27.5. The molecule has 6 rings (SSSR count). The van der Waals surface area contributed by atoms with E-state index in [1.807, 2.05) is 26.0 Å². The van der Waals surface area contributed by atoms with E-state index in [-0.39, 0.29) is 24.0 Å². The standard InChI is InChI=1S/C27H32Cl2N6O2S2/c1-26(2,37)15-12-35(13-15)25-22(29)18(3-6-31-25)39-21-11-32-24(17(14-36)33-21)34-7-4-27(5-8-34)10-19-16(23(27)30)9-20(28)38-19/h3,6,9,11,15,23,36-37H,4-5,7-8,10,12-14,30H2,1-2H3/t23-/m1/s1. The summed E-state index contributed by atoms with van der Waals surface area (Å²) in [5, 5.41) is 21.6. The molecule has 39 heavy (non-hydrogen) atoms. The van der Waals surface area contributed by atoms with E-state index in [1.165, 1.54) is 22.2 Å². The van der Waals surface area contributed by atoms with E-state index in [0.29, 0.717) is 34.6 Å². The highest BCUT2D eigenvalue weighted by atomic mass is 35.5. The smallest absolute Gasteiger partial charge is 0.152 e. The fourth-order valence-corrected chi connectivity index (χ4v) is 8.59. The van der Waals surface area contributed by atoms with Crippen molar-refractivity contribution in [3.63, 3.8) is 0 Å². The third-order valence-electron chi connectivity index (χ3n) is 8.56. The number of fused-ring (bicyclic) bond motifs is 1. The van der Waals surface area contributed by atoms with E-state index < -0.39 is 5.60 Å². The number of nitrogens with two attached hydrogens (primary N) is 1. The van der Waals surface area contributed by atoms with Crippen molar-refractivity contribution in [2.45, 2.75) is 61.3 Å². The highest BCUT2D eigenvalue weighted by Crippen LogP contribution is 2.54. The van der Waals surface area contributed by atoms with Gasteiger partial charge in [-0.3, -0.25) is 0 Å². The Morgan fingerprint density at radius 2 is 1.92 bits per heavy atom. The van der Waals surface area contributed by atoms with Crippen molar-refractivity contribution in [3.8, 4) is 0 Å². The Hall–Kier alpha value is -1.66. The molecule has 0 radical (unpaired) electrons. The van der Waals surface area contributed by atoms with E-state index in [0.717, 1.165) is 47.4 Å². The number of hydrogen-bond acceptors (Lipinski definition) is 10. The number of thiophene rings is 1. The monoisotopic (exact) mass is 606 g/mol. The van der Waals surface area contributed by atoms with E-state index in [9.17, 15) is 10.2 Å². The SMILES string of the molecule is CC(C)(O)C1CN(c2nccc(Sc3cnc(N4CCC5(CC4)Cc4sc(Cl)cc4[C@H]5N)c(CO)n3)c2Cl)C1. The van der Waals surface area contributed by atoms with Crippen LogP contribution in [0.15, 0.2) is 34.4 Å². The number of nitrogens with zero attached hydrogens (tertiary/aromatic N) is 5.